The van der Waals surface area contributed by atoms with Crippen molar-refractivity contribution in [1.29, 1.82) is 0 Å². The summed E-state index contributed by atoms with van der Waals surface area (Å²) in [5, 5.41) is 14.0. The summed E-state index contributed by atoms with van der Waals surface area (Å²) >= 11 is 1.62. The van der Waals surface area contributed by atoms with E-state index in [1.807, 2.05) is 23.7 Å². The standard InChI is InChI=1S/C27H31N5O3S/c33-24-21-7-4-8-22(23(21)25(34)32(24)19-27(35)9-2-1-3-10-27)30-15-13-29(14-16-30)18-20-6-5-12-31(20)26-28-11-17-36-26/h4-8,11-12,17,35H,1-3,9-10,13-16,18-19H2. The Labute approximate surface area is 214 Å². The molecule has 1 N–H and O–H groups in total. The number of amides is 2. The van der Waals surface area contributed by atoms with E-state index in [1.54, 1.807) is 17.4 Å². The minimum Gasteiger partial charge on any atom is -0.388 e. The minimum atomic E-state index is -0.965. The number of fused-ring (bicyclic) bond motifs is 1. The molecular formula is C27H31N5O3S. The van der Waals surface area contributed by atoms with Gasteiger partial charge in [-0.15, -0.1) is 11.3 Å². The van der Waals surface area contributed by atoms with Crippen LogP contribution in [0.3, 0.4) is 0 Å². The van der Waals surface area contributed by atoms with Crippen molar-refractivity contribution in [3.63, 3.8) is 0 Å². The molecule has 0 bridgehead atoms. The lowest BCUT2D eigenvalue weighted by molar-refractivity contribution is -0.0177. The summed E-state index contributed by atoms with van der Waals surface area (Å²) in [4.78, 5) is 37.0. The third kappa shape index (κ3) is 4.25. The maximum absolute atomic E-state index is 13.5. The first-order valence-electron chi connectivity index (χ1n) is 12.8. The number of rotatable bonds is 6. The highest BCUT2D eigenvalue weighted by molar-refractivity contribution is 7.12. The number of anilines is 1. The molecule has 1 saturated carbocycles. The fourth-order valence-electron chi connectivity index (χ4n) is 5.83. The van der Waals surface area contributed by atoms with Crippen LogP contribution in [0.2, 0.25) is 0 Å². The molecule has 0 atom stereocenters. The maximum atomic E-state index is 13.5. The van der Waals surface area contributed by atoms with Gasteiger partial charge < -0.3 is 10.0 Å². The molecular weight excluding hydrogens is 474 g/mol. The summed E-state index contributed by atoms with van der Waals surface area (Å²) in [5.74, 6) is -0.550. The number of thiazole rings is 1. The van der Waals surface area contributed by atoms with Gasteiger partial charge >= 0.3 is 0 Å². The summed E-state index contributed by atoms with van der Waals surface area (Å²) in [6, 6.07) is 9.75. The molecule has 2 amide bonds. The van der Waals surface area contributed by atoms with E-state index in [1.165, 1.54) is 10.6 Å². The number of imide groups is 1. The Bertz CT molecular complexity index is 1260. The highest BCUT2D eigenvalue weighted by Crippen LogP contribution is 2.36. The van der Waals surface area contributed by atoms with Crippen molar-refractivity contribution in [2.24, 2.45) is 0 Å². The minimum absolute atomic E-state index is 0.0886. The van der Waals surface area contributed by atoms with Gasteiger partial charge in [-0.25, -0.2) is 4.98 Å². The number of benzene rings is 1. The van der Waals surface area contributed by atoms with Crippen LogP contribution in [0.1, 0.15) is 58.5 Å². The molecule has 6 rings (SSSR count). The fraction of sp³-hybridized carbons (Fsp3) is 0.444. The SMILES string of the molecule is O=C1c2cccc(N3CCN(Cc4cccn4-c4nccs4)CC3)c2C(=O)N1CC1(O)CCCCC1. The average molecular weight is 506 g/mol. The Morgan fingerprint density at radius 3 is 2.53 bits per heavy atom. The van der Waals surface area contributed by atoms with Gasteiger partial charge in [-0.2, -0.15) is 0 Å². The van der Waals surface area contributed by atoms with Crippen LogP contribution < -0.4 is 4.90 Å². The zero-order valence-corrected chi connectivity index (χ0v) is 21.1. The number of nitrogens with zero attached hydrogens (tertiary/aromatic N) is 5. The van der Waals surface area contributed by atoms with Gasteiger partial charge in [0.25, 0.3) is 11.8 Å². The number of carbonyl (C=O) groups is 2. The van der Waals surface area contributed by atoms with Gasteiger partial charge in [0.15, 0.2) is 5.13 Å². The fourth-order valence-corrected chi connectivity index (χ4v) is 6.48. The van der Waals surface area contributed by atoms with Crippen LogP contribution in [0.5, 0.6) is 0 Å². The van der Waals surface area contributed by atoms with Gasteiger partial charge in [0.1, 0.15) is 0 Å². The molecule has 1 aromatic carbocycles. The third-order valence-corrected chi connectivity index (χ3v) is 8.54. The van der Waals surface area contributed by atoms with Crippen LogP contribution in [0.25, 0.3) is 5.13 Å². The molecule has 0 radical (unpaired) electrons. The first kappa shape index (κ1) is 23.4. The van der Waals surface area contributed by atoms with Crippen LogP contribution in [-0.4, -0.2) is 74.6 Å². The molecule has 36 heavy (non-hydrogen) atoms. The van der Waals surface area contributed by atoms with Gasteiger partial charge in [-0.1, -0.05) is 25.3 Å². The summed E-state index contributed by atoms with van der Waals surface area (Å²) in [5.41, 5.74) is 2.02. The molecule has 2 aromatic heterocycles. The monoisotopic (exact) mass is 505 g/mol. The van der Waals surface area contributed by atoms with Crippen LogP contribution in [0.4, 0.5) is 5.69 Å². The van der Waals surface area contributed by atoms with E-state index < -0.39 is 5.60 Å². The van der Waals surface area contributed by atoms with Crippen molar-refractivity contribution >= 4 is 28.8 Å². The summed E-state index contributed by atoms with van der Waals surface area (Å²) in [7, 11) is 0. The van der Waals surface area contributed by atoms with Crippen molar-refractivity contribution in [3.05, 3.63) is 64.9 Å². The smallest absolute Gasteiger partial charge is 0.263 e. The molecule has 3 aromatic rings. The molecule has 3 aliphatic rings. The molecule has 1 aliphatic carbocycles. The zero-order chi connectivity index (χ0) is 24.7. The van der Waals surface area contributed by atoms with E-state index in [-0.39, 0.29) is 18.4 Å². The van der Waals surface area contributed by atoms with E-state index in [0.717, 1.165) is 62.8 Å². The zero-order valence-electron chi connectivity index (χ0n) is 20.3. The van der Waals surface area contributed by atoms with Crippen molar-refractivity contribution < 1.29 is 14.7 Å². The average Bonchev–Trinajstić information content (AvgIpc) is 3.63. The predicted octanol–water partition coefficient (Wildman–Crippen LogP) is 3.55. The van der Waals surface area contributed by atoms with Crippen molar-refractivity contribution in [3.8, 4) is 5.13 Å². The molecule has 2 fully saturated rings. The van der Waals surface area contributed by atoms with E-state index in [9.17, 15) is 14.7 Å². The topological polar surface area (TPSA) is 81.9 Å². The number of hydrogen-bond donors (Lipinski definition) is 1. The molecule has 9 heteroatoms. The van der Waals surface area contributed by atoms with Gasteiger partial charge in [-0.05, 0) is 37.1 Å². The number of aliphatic hydroxyl groups is 1. The van der Waals surface area contributed by atoms with Crippen LogP contribution in [0, 0.1) is 0 Å². The molecule has 1 saturated heterocycles. The van der Waals surface area contributed by atoms with Crippen molar-refractivity contribution in [2.75, 3.05) is 37.6 Å². The number of hydrogen-bond acceptors (Lipinski definition) is 7. The summed E-state index contributed by atoms with van der Waals surface area (Å²) < 4.78 is 2.14. The highest BCUT2D eigenvalue weighted by Gasteiger charge is 2.43. The largest absolute Gasteiger partial charge is 0.388 e. The van der Waals surface area contributed by atoms with Crippen LogP contribution >= 0.6 is 11.3 Å². The van der Waals surface area contributed by atoms with Crippen LogP contribution in [-0.2, 0) is 6.54 Å². The maximum Gasteiger partial charge on any atom is 0.263 e. The van der Waals surface area contributed by atoms with E-state index in [0.29, 0.717) is 24.0 Å². The van der Waals surface area contributed by atoms with Gasteiger partial charge in [0.05, 0.1) is 29.0 Å². The second-order valence-electron chi connectivity index (χ2n) is 10.1. The first-order chi connectivity index (χ1) is 17.5. The Hall–Kier alpha value is -3.01. The van der Waals surface area contributed by atoms with Crippen molar-refractivity contribution in [2.45, 2.75) is 44.2 Å². The Morgan fingerprint density at radius 1 is 0.972 bits per heavy atom. The van der Waals surface area contributed by atoms with Crippen molar-refractivity contribution in [1.82, 2.24) is 19.4 Å². The molecule has 8 nitrogen and oxygen atoms in total. The van der Waals surface area contributed by atoms with E-state index in [2.05, 4.69) is 37.7 Å². The summed E-state index contributed by atoms with van der Waals surface area (Å²) in [6.07, 6.45) is 8.12. The summed E-state index contributed by atoms with van der Waals surface area (Å²) in [6.45, 7) is 4.19. The second-order valence-corrected chi connectivity index (χ2v) is 11.0. The number of β-amino-alcohol motifs (C(OH)–C–C–N with tert-alkyl or cyclic N) is 1. The van der Waals surface area contributed by atoms with Crippen LogP contribution in [0.15, 0.2) is 48.1 Å². The van der Waals surface area contributed by atoms with Gasteiger partial charge in [0, 0.05) is 56.2 Å². The number of carbonyl (C=O) groups excluding carboxylic acids is 2. The van der Waals surface area contributed by atoms with E-state index in [4.69, 9.17) is 0 Å². The third-order valence-electron chi connectivity index (χ3n) is 7.77. The first-order valence-corrected chi connectivity index (χ1v) is 13.7. The highest BCUT2D eigenvalue weighted by atomic mass is 32.1. The lowest BCUT2D eigenvalue weighted by Gasteiger charge is -2.37. The second kappa shape index (κ2) is 9.46. The van der Waals surface area contributed by atoms with E-state index >= 15 is 0 Å². The van der Waals surface area contributed by atoms with Gasteiger partial charge in [-0.3, -0.25) is 24.0 Å². The Morgan fingerprint density at radius 2 is 1.78 bits per heavy atom. The number of piperazine rings is 1. The molecule has 0 unspecified atom stereocenters. The Kier molecular flexibility index (Phi) is 6.15. The lowest BCUT2D eigenvalue weighted by atomic mass is 9.84. The molecule has 0 spiro atoms. The van der Waals surface area contributed by atoms with Gasteiger partial charge in [0.2, 0.25) is 0 Å². The normalized spacial score (nSPS) is 20.2. The molecule has 2 aliphatic heterocycles. The predicted molar refractivity (Wildman–Crippen MR) is 139 cm³/mol. The lowest BCUT2D eigenvalue weighted by Crippen LogP contribution is -2.47. The molecule has 188 valence electrons. The number of aromatic nitrogens is 2. The Balaban J connectivity index is 1.15. The molecule has 4 heterocycles. The quantitative estimate of drug-likeness (QED) is 0.516.